The fourth-order valence-corrected chi connectivity index (χ4v) is 4.57. The van der Waals surface area contributed by atoms with Crippen molar-refractivity contribution < 1.29 is 24.2 Å². The van der Waals surface area contributed by atoms with Crippen molar-refractivity contribution in [2.45, 2.75) is 20.3 Å². The van der Waals surface area contributed by atoms with Gasteiger partial charge in [-0.3, -0.25) is 4.79 Å². The number of anilines is 1. The molecule has 3 rings (SSSR count). The van der Waals surface area contributed by atoms with Gasteiger partial charge in [-0.2, -0.15) is 0 Å². The van der Waals surface area contributed by atoms with Gasteiger partial charge in [-0.1, -0.05) is 12.2 Å². The lowest BCUT2D eigenvalue weighted by atomic mass is 9.82. The van der Waals surface area contributed by atoms with Gasteiger partial charge >= 0.3 is 5.97 Å². The summed E-state index contributed by atoms with van der Waals surface area (Å²) in [5.74, 6) is -3.79. The zero-order valence-electron chi connectivity index (χ0n) is 13.4. The number of thiophene rings is 1. The molecule has 0 unspecified atom stereocenters. The number of fused-ring (bicyclic) bond motifs is 2. The number of allylic oxidation sites excluding steroid dienone is 2. The van der Waals surface area contributed by atoms with Crippen LogP contribution in [0.4, 0.5) is 5.00 Å². The van der Waals surface area contributed by atoms with Crippen LogP contribution in [0.1, 0.15) is 28.6 Å². The van der Waals surface area contributed by atoms with Crippen LogP contribution in [0.5, 0.6) is 0 Å². The van der Waals surface area contributed by atoms with Crippen LogP contribution in [0.15, 0.2) is 18.2 Å². The molecule has 0 saturated heterocycles. The molecule has 0 spiro atoms. The van der Waals surface area contributed by atoms with Crippen LogP contribution < -0.4 is 10.4 Å². The number of carbonyl (C=O) groups is 3. The van der Waals surface area contributed by atoms with Crippen molar-refractivity contribution in [3.8, 4) is 0 Å². The Labute approximate surface area is 143 Å². The van der Waals surface area contributed by atoms with E-state index in [9.17, 15) is 19.5 Å². The molecule has 1 N–H and O–H groups in total. The molecular formula is C17H18NO5S-. The van der Waals surface area contributed by atoms with Crippen LogP contribution in [0, 0.1) is 30.6 Å². The number of esters is 1. The lowest BCUT2D eigenvalue weighted by molar-refractivity contribution is -0.313. The first kappa shape index (κ1) is 16.7. The zero-order valence-corrected chi connectivity index (χ0v) is 14.2. The average molecular weight is 348 g/mol. The van der Waals surface area contributed by atoms with Gasteiger partial charge in [0.15, 0.2) is 0 Å². The minimum absolute atomic E-state index is 0.0926. The second-order valence-electron chi connectivity index (χ2n) is 6.13. The van der Waals surface area contributed by atoms with Gasteiger partial charge in [-0.05, 0) is 38.2 Å². The molecule has 4 atom stereocenters. The Bertz CT molecular complexity index is 723. The number of rotatable bonds is 5. The van der Waals surface area contributed by atoms with E-state index in [1.165, 1.54) is 11.3 Å². The number of aliphatic carboxylic acids is 1. The second-order valence-corrected chi connectivity index (χ2v) is 7.38. The molecule has 2 bridgehead atoms. The molecule has 2 aliphatic rings. The standard InChI is InChI=1S/C17H19NO5S/c1-3-23-17(22)11-6-8(2)24-15(11)18-14(19)12-9-4-5-10(7-9)13(12)16(20)21/h4-6,9-10,12-13H,3,7H2,1-2H3,(H,18,19)(H,20,21)/p-1/t9-,10+,12-,13+/m1/s1. The normalized spacial score (nSPS) is 27.2. The average Bonchev–Trinajstić information content (AvgIpc) is 3.20. The number of hydrogen-bond acceptors (Lipinski definition) is 6. The topological polar surface area (TPSA) is 95.5 Å². The molecule has 1 aromatic heterocycles. The van der Waals surface area contributed by atoms with Gasteiger partial charge in [-0.15, -0.1) is 11.3 Å². The lowest BCUT2D eigenvalue weighted by Crippen LogP contribution is -2.42. The zero-order chi connectivity index (χ0) is 17.4. The quantitative estimate of drug-likeness (QED) is 0.640. The van der Waals surface area contributed by atoms with E-state index in [0.717, 1.165) is 4.88 Å². The summed E-state index contributed by atoms with van der Waals surface area (Å²) < 4.78 is 5.00. The summed E-state index contributed by atoms with van der Waals surface area (Å²) in [4.78, 5) is 37.0. The largest absolute Gasteiger partial charge is 0.550 e. The summed E-state index contributed by atoms with van der Waals surface area (Å²) in [5.41, 5.74) is 0.302. The molecule has 0 aliphatic heterocycles. The summed E-state index contributed by atoms with van der Waals surface area (Å²) in [6, 6.07) is 1.66. The van der Waals surface area contributed by atoms with Crippen molar-refractivity contribution in [2.24, 2.45) is 23.7 Å². The van der Waals surface area contributed by atoms with Crippen molar-refractivity contribution >= 4 is 34.2 Å². The van der Waals surface area contributed by atoms with Crippen molar-refractivity contribution in [1.82, 2.24) is 0 Å². The summed E-state index contributed by atoms with van der Waals surface area (Å²) >= 11 is 1.27. The third kappa shape index (κ3) is 2.84. The molecule has 1 heterocycles. The minimum Gasteiger partial charge on any atom is -0.550 e. The molecular weight excluding hydrogens is 330 g/mol. The summed E-state index contributed by atoms with van der Waals surface area (Å²) in [5, 5.41) is 14.6. The maximum atomic E-state index is 12.7. The summed E-state index contributed by atoms with van der Waals surface area (Å²) in [6.07, 6.45) is 4.42. The van der Waals surface area contributed by atoms with Crippen LogP contribution in [-0.2, 0) is 14.3 Å². The molecule has 2 aliphatic carbocycles. The van der Waals surface area contributed by atoms with Crippen LogP contribution in [-0.4, -0.2) is 24.5 Å². The van der Waals surface area contributed by atoms with Gasteiger partial charge in [0.1, 0.15) is 5.00 Å². The lowest BCUT2D eigenvalue weighted by Gasteiger charge is -2.27. The minimum atomic E-state index is -1.19. The Morgan fingerprint density at radius 1 is 1.29 bits per heavy atom. The molecule has 0 aromatic carbocycles. The Balaban J connectivity index is 1.82. The maximum Gasteiger partial charge on any atom is 0.341 e. The molecule has 0 radical (unpaired) electrons. The first-order valence-electron chi connectivity index (χ1n) is 7.90. The highest BCUT2D eigenvalue weighted by atomic mass is 32.1. The Kier molecular flexibility index (Phi) is 4.45. The predicted molar refractivity (Wildman–Crippen MR) is 86.4 cm³/mol. The molecule has 1 fully saturated rings. The van der Waals surface area contributed by atoms with E-state index in [1.54, 1.807) is 13.0 Å². The van der Waals surface area contributed by atoms with E-state index in [0.29, 0.717) is 17.0 Å². The number of carbonyl (C=O) groups excluding carboxylic acids is 3. The molecule has 1 amide bonds. The summed E-state index contributed by atoms with van der Waals surface area (Å²) in [6.45, 7) is 3.78. The molecule has 7 heteroatoms. The Hall–Kier alpha value is -2.15. The number of nitrogens with one attached hydrogen (secondary N) is 1. The third-order valence-electron chi connectivity index (χ3n) is 4.62. The third-order valence-corrected chi connectivity index (χ3v) is 5.59. The first-order chi connectivity index (χ1) is 11.4. The van der Waals surface area contributed by atoms with E-state index < -0.39 is 23.8 Å². The van der Waals surface area contributed by atoms with Crippen LogP contribution in [0.25, 0.3) is 0 Å². The molecule has 128 valence electrons. The van der Waals surface area contributed by atoms with Gasteiger partial charge in [0.05, 0.1) is 18.1 Å². The number of amides is 1. The van der Waals surface area contributed by atoms with Gasteiger partial charge in [0.2, 0.25) is 5.91 Å². The van der Waals surface area contributed by atoms with Crippen molar-refractivity contribution in [3.63, 3.8) is 0 Å². The molecule has 24 heavy (non-hydrogen) atoms. The number of aryl methyl sites for hydroxylation is 1. The SMILES string of the molecule is CCOC(=O)c1cc(C)sc1NC(=O)[C@H]1[C@@H](C(=O)[O-])[C@H]2C=C[C@@H]1C2. The maximum absolute atomic E-state index is 12.7. The van der Waals surface area contributed by atoms with Crippen molar-refractivity contribution in [3.05, 3.63) is 28.7 Å². The Morgan fingerprint density at radius 3 is 2.58 bits per heavy atom. The fraction of sp³-hybridized carbons (Fsp3) is 0.471. The van der Waals surface area contributed by atoms with E-state index in [1.807, 2.05) is 19.1 Å². The van der Waals surface area contributed by atoms with Crippen LogP contribution in [0.3, 0.4) is 0 Å². The van der Waals surface area contributed by atoms with Crippen molar-refractivity contribution in [2.75, 3.05) is 11.9 Å². The van der Waals surface area contributed by atoms with Crippen LogP contribution in [0.2, 0.25) is 0 Å². The second kappa shape index (κ2) is 6.39. The summed E-state index contributed by atoms with van der Waals surface area (Å²) in [7, 11) is 0. The molecule has 6 nitrogen and oxygen atoms in total. The predicted octanol–water partition coefficient (Wildman–Crippen LogP) is 1.36. The number of carboxylic acids is 1. The van der Waals surface area contributed by atoms with Crippen molar-refractivity contribution in [1.29, 1.82) is 0 Å². The monoisotopic (exact) mass is 348 g/mol. The van der Waals surface area contributed by atoms with Gasteiger partial charge in [-0.25, -0.2) is 4.79 Å². The molecule has 1 aromatic rings. The highest BCUT2D eigenvalue weighted by Crippen LogP contribution is 2.48. The number of hydrogen-bond donors (Lipinski definition) is 1. The van der Waals surface area contributed by atoms with E-state index in [4.69, 9.17) is 4.74 Å². The van der Waals surface area contributed by atoms with Gasteiger partial charge in [0.25, 0.3) is 0 Å². The van der Waals surface area contributed by atoms with E-state index >= 15 is 0 Å². The highest BCUT2D eigenvalue weighted by Gasteiger charge is 2.48. The van der Waals surface area contributed by atoms with Gasteiger partial charge in [0, 0.05) is 16.8 Å². The first-order valence-corrected chi connectivity index (χ1v) is 8.71. The highest BCUT2D eigenvalue weighted by molar-refractivity contribution is 7.16. The fourth-order valence-electron chi connectivity index (χ4n) is 3.66. The number of carboxylic acid groups (broad SMARTS) is 1. The van der Waals surface area contributed by atoms with E-state index in [-0.39, 0.29) is 24.3 Å². The van der Waals surface area contributed by atoms with Crippen LogP contribution >= 0.6 is 11.3 Å². The number of ether oxygens (including phenoxy) is 1. The van der Waals surface area contributed by atoms with Gasteiger partial charge < -0.3 is 20.0 Å². The smallest absolute Gasteiger partial charge is 0.341 e. The Morgan fingerprint density at radius 2 is 1.96 bits per heavy atom. The molecule has 1 saturated carbocycles. The van der Waals surface area contributed by atoms with E-state index in [2.05, 4.69) is 5.32 Å².